The summed E-state index contributed by atoms with van der Waals surface area (Å²) in [7, 11) is 0. The molecule has 4 aromatic rings. The van der Waals surface area contributed by atoms with E-state index in [1.807, 2.05) is 31.2 Å². The molecule has 1 fully saturated rings. The maximum absolute atomic E-state index is 13.6. The molecule has 0 saturated carbocycles. The van der Waals surface area contributed by atoms with Gasteiger partial charge in [0, 0.05) is 12.5 Å². The van der Waals surface area contributed by atoms with E-state index in [9.17, 15) is 19.5 Å². The Kier molecular flexibility index (Phi) is 9.25. The number of hydrogen-bond acceptors (Lipinski definition) is 8. The second-order valence-corrected chi connectivity index (χ2v) is 11.6. The van der Waals surface area contributed by atoms with E-state index in [-0.39, 0.29) is 22.2 Å². The first-order chi connectivity index (χ1) is 21.2. The lowest BCUT2D eigenvalue weighted by Gasteiger charge is -2.23. The molecule has 9 heteroatoms. The Bertz CT molecular complexity index is 1720. The van der Waals surface area contributed by atoms with Gasteiger partial charge < -0.3 is 14.6 Å². The zero-order chi connectivity index (χ0) is 31.4. The second kappa shape index (κ2) is 13.3. The lowest BCUT2D eigenvalue weighted by Crippen LogP contribution is -2.29. The van der Waals surface area contributed by atoms with Crippen molar-refractivity contribution in [3.63, 3.8) is 0 Å². The summed E-state index contributed by atoms with van der Waals surface area (Å²) >= 11 is 1.05. The van der Waals surface area contributed by atoms with Crippen LogP contribution in [-0.2, 0) is 16.2 Å². The smallest absolute Gasteiger partial charge is 0.301 e. The average molecular weight is 611 g/mol. The van der Waals surface area contributed by atoms with Crippen LogP contribution in [0.1, 0.15) is 70.4 Å². The zero-order valence-electron chi connectivity index (χ0n) is 25.1. The Morgan fingerprint density at radius 1 is 0.955 bits per heavy atom. The van der Waals surface area contributed by atoms with Crippen LogP contribution in [0.2, 0.25) is 0 Å². The number of nitrogens with zero attached hydrogens (tertiary/aromatic N) is 2. The number of aromatic nitrogens is 1. The van der Waals surface area contributed by atoms with Gasteiger partial charge in [-0.25, -0.2) is 4.98 Å². The van der Waals surface area contributed by atoms with Gasteiger partial charge >= 0.3 is 5.91 Å². The van der Waals surface area contributed by atoms with Crippen LogP contribution in [0.5, 0.6) is 11.5 Å². The SMILES string of the molecule is CCCCOc1ccc(C2/C(=C(\O)c3ccc(OCc4ccccc4C)cc3)C(=O)C(=O)N2c2nc(C)c(C(C)=O)s2)cc1. The van der Waals surface area contributed by atoms with E-state index in [0.717, 1.165) is 35.3 Å². The van der Waals surface area contributed by atoms with E-state index in [0.29, 0.717) is 46.4 Å². The number of benzene rings is 3. The first kappa shape index (κ1) is 30.7. The Labute approximate surface area is 260 Å². The van der Waals surface area contributed by atoms with Gasteiger partial charge in [0.05, 0.1) is 28.8 Å². The number of rotatable bonds is 11. The van der Waals surface area contributed by atoms with E-state index >= 15 is 0 Å². The molecule has 1 N–H and O–H groups in total. The molecule has 226 valence electrons. The monoisotopic (exact) mass is 610 g/mol. The van der Waals surface area contributed by atoms with E-state index in [1.54, 1.807) is 55.5 Å². The molecule has 8 nitrogen and oxygen atoms in total. The van der Waals surface area contributed by atoms with E-state index < -0.39 is 17.7 Å². The molecule has 1 atom stereocenters. The quantitative estimate of drug-likeness (QED) is 0.0622. The summed E-state index contributed by atoms with van der Waals surface area (Å²) in [5, 5.41) is 11.7. The van der Waals surface area contributed by atoms with Crippen LogP contribution < -0.4 is 14.4 Å². The summed E-state index contributed by atoms with van der Waals surface area (Å²) in [5.41, 5.74) is 3.53. The third-order valence-corrected chi connectivity index (χ3v) is 8.76. The maximum atomic E-state index is 13.6. The van der Waals surface area contributed by atoms with Gasteiger partial charge in [-0.3, -0.25) is 19.3 Å². The summed E-state index contributed by atoms with van der Waals surface area (Å²) in [6.07, 6.45) is 1.92. The first-order valence-corrected chi connectivity index (χ1v) is 15.3. The number of Topliss-reactive ketones (excluding diaryl/α,β-unsaturated/α-hetero) is 2. The number of aliphatic hydroxyl groups excluding tert-OH is 1. The molecule has 2 heterocycles. The molecule has 0 bridgehead atoms. The van der Waals surface area contributed by atoms with Crippen molar-refractivity contribution in [1.29, 1.82) is 0 Å². The van der Waals surface area contributed by atoms with Crippen molar-refractivity contribution in [3.8, 4) is 11.5 Å². The van der Waals surface area contributed by atoms with Crippen LogP contribution in [0.3, 0.4) is 0 Å². The minimum absolute atomic E-state index is 0.0690. The number of carbonyl (C=O) groups excluding carboxylic acids is 3. The molecule has 1 aliphatic rings. The summed E-state index contributed by atoms with van der Waals surface area (Å²) in [4.78, 5) is 45.4. The van der Waals surface area contributed by atoms with Crippen molar-refractivity contribution in [1.82, 2.24) is 4.98 Å². The fourth-order valence-corrected chi connectivity index (χ4v) is 6.02. The summed E-state index contributed by atoms with van der Waals surface area (Å²) < 4.78 is 11.7. The molecule has 0 radical (unpaired) electrons. The van der Waals surface area contributed by atoms with E-state index in [1.165, 1.54) is 11.8 Å². The van der Waals surface area contributed by atoms with Gasteiger partial charge in [-0.2, -0.15) is 0 Å². The van der Waals surface area contributed by atoms with Crippen molar-refractivity contribution in [3.05, 3.63) is 111 Å². The van der Waals surface area contributed by atoms with Crippen LogP contribution in [0.25, 0.3) is 5.76 Å². The number of hydrogen-bond donors (Lipinski definition) is 1. The van der Waals surface area contributed by atoms with E-state index in [2.05, 4.69) is 11.9 Å². The zero-order valence-corrected chi connectivity index (χ0v) is 25.9. The number of anilines is 1. The molecule has 1 unspecified atom stereocenters. The fourth-order valence-electron chi connectivity index (χ4n) is 5.04. The van der Waals surface area contributed by atoms with Crippen LogP contribution in [0, 0.1) is 13.8 Å². The summed E-state index contributed by atoms with van der Waals surface area (Å²) in [6, 6.07) is 20.8. The van der Waals surface area contributed by atoms with Gasteiger partial charge in [-0.1, -0.05) is 61.1 Å². The van der Waals surface area contributed by atoms with Crippen molar-refractivity contribution in [2.45, 2.75) is 53.2 Å². The largest absolute Gasteiger partial charge is 0.507 e. The Morgan fingerprint density at radius 2 is 1.61 bits per heavy atom. The highest BCUT2D eigenvalue weighted by Gasteiger charge is 2.48. The predicted molar refractivity (Wildman–Crippen MR) is 170 cm³/mol. The minimum atomic E-state index is -0.970. The molecule has 1 amide bonds. The fraction of sp³-hybridized carbons (Fsp3) is 0.257. The third-order valence-electron chi connectivity index (χ3n) is 7.50. The number of carbonyl (C=O) groups is 3. The minimum Gasteiger partial charge on any atom is -0.507 e. The first-order valence-electron chi connectivity index (χ1n) is 14.5. The molecular formula is C35H34N2O6S. The van der Waals surface area contributed by atoms with Crippen LogP contribution in [0.4, 0.5) is 5.13 Å². The highest BCUT2D eigenvalue weighted by Crippen LogP contribution is 2.44. The number of amides is 1. The molecule has 3 aromatic carbocycles. The topological polar surface area (TPSA) is 106 Å². The molecule has 5 rings (SSSR count). The Hall–Kier alpha value is -4.76. The summed E-state index contributed by atoms with van der Waals surface area (Å²) in [5.74, 6) is -0.919. The molecular weight excluding hydrogens is 576 g/mol. The van der Waals surface area contributed by atoms with Gasteiger partial charge in [0.25, 0.3) is 5.78 Å². The van der Waals surface area contributed by atoms with Crippen molar-refractivity contribution < 1.29 is 29.0 Å². The van der Waals surface area contributed by atoms with Crippen molar-refractivity contribution in [2.24, 2.45) is 0 Å². The molecule has 1 saturated heterocycles. The lowest BCUT2D eigenvalue weighted by molar-refractivity contribution is -0.132. The summed E-state index contributed by atoms with van der Waals surface area (Å²) in [6.45, 7) is 8.18. The van der Waals surface area contributed by atoms with Crippen molar-refractivity contribution >= 4 is 39.7 Å². The number of aliphatic hydroxyl groups is 1. The Balaban J connectivity index is 1.51. The number of unbranched alkanes of at least 4 members (excludes halogenated alkanes) is 1. The molecule has 0 aliphatic carbocycles. The van der Waals surface area contributed by atoms with Crippen LogP contribution in [0.15, 0.2) is 78.4 Å². The van der Waals surface area contributed by atoms with Gasteiger partial charge in [-0.05, 0) is 73.4 Å². The molecule has 0 spiro atoms. The number of ether oxygens (including phenoxy) is 2. The number of aryl methyl sites for hydroxylation is 2. The standard InChI is InChI=1S/C35H34N2O6S/c1-5-6-19-42-27-15-11-24(12-16-27)30-29(32(40)34(41)37(30)35-36-22(3)33(44-35)23(4)38)31(39)25-13-17-28(18-14-25)43-20-26-10-8-7-9-21(26)2/h7-18,30,39H,5-6,19-20H2,1-4H3/b31-29+. The van der Waals surface area contributed by atoms with Gasteiger partial charge in [0.15, 0.2) is 10.9 Å². The van der Waals surface area contributed by atoms with Crippen molar-refractivity contribution in [2.75, 3.05) is 11.5 Å². The average Bonchev–Trinajstić information content (AvgIpc) is 3.53. The van der Waals surface area contributed by atoms with Crippen LogP contribution >= 0.6 is 11.3 Å². The maximum Gasteiger partial charge on any atom is 0.301 e. The molecule has 44 heavy (non-hydrogen) atoms. The second-order valence-electron chi connectivity index (χ2n) is 10.6. The molecule has 1 aromatic heterocycles. The lowest BCUT2D eigenvalue weighted by atomic mass is 9.95. The van der Waals surface area contributed by atoms with Gasteiger partial charge in [0.2, 0.25) is 0 Å². The van der Waals surface area contributed by atoms with E-state index in [4.69, 9.17) is 9.47 Å². The highest BCUT2D eigenvalue weighted by atomic mass is 32.1. The normalized spacial score (nSPS) is 15.9. The van der Waals surface area contributed by atoms with Crippen LogP contribution in [-0.4, -0.2) is 34.2 Å². The number of thiazole rings is 1. The predicted octanol–water partition coefficient (Wildman–Crippen LogP) is 7.35. The molecule has 1 aliphatic heterocycles. The Morgan fingerprint density at radius 3 is 2.25 bits per heavy atom. The highest BCUT2D eigenvalue weighted by molar-refractivity contribution is 7.18. The van der Waals surface area contributed by atoms with Gasteiger partial charge in [0.1, 0.15) is 23.9 Å². The third kappa shape index (κ3) is 6.28. The van der Waals surface area contributed by atoms with Gasteiger partial charge in [-0.15, -0.1) is 0 Å². The number of ketones is 2.